The Bertz CT molecular complexity index is 326. The number of halogens is 1. The fourth-order valence-corrected chi connectivity index (χ4v) is 3.65. The minimum Gasteiger partial charge on any atom is -0.0887 e. The summed E-state index contributed by atoms with van der Waals surface area (Å²) in [5.74, 6) is 0.980. The second-order valence-electron chi connectivity index (χ2n) is 5.11. The maximum Gasteiger partial charge on any atom is 0.0188 e. The maximum absolute atomic E-state index is 3.86. The lowest BCUT2D eigenvalue weighted by Gasteiger charge is -2.15. The molecule has 88 valence electrons. The SMILES string of the molecule is Cc1ccccc1CC(Br)CC1CCCC1. The van der Waals surface area contributed by atoms with Gasteiger partial charge in [-0.25, -0.2) is 0 Å². The van der Waals surface area contributed by atoms with Crippen LogP contribution in [0.1, 0.15) is 43.2 Å². The standard InChI is InChI=1S/C15H21Br/c1-12-6-2-5-9-14(12)11-15(16)10-13-7-3-4-8-13/h2,5-6,9,13,15H,3-4,7-8,10-11H2,1H3. The lowest BCUT2D eigenvalue weighted by molar-refractivity contribution is 0.494. The normalized spacial score (nSPS) is 18.9. The summed E-state index contributed by atoms with van der Waals surface area (Å²) in [7, 11) is 0. The summed E-state index contributed by atoms with van der Waals surface area (Å²) < 4.78 is 0. The molecule has 0 radical (unpaired) electrons. The van der Waals surface area contributed by atoms with Crippen LogP contribution in [-0.4, -0.2) is 4.83 Å². The van der Waals surface area contributed by atoms with Crippen molar-refractivity contribution in [3.05, 3.63) is 35.4 Å². The Morgan fingerprint density at radius 3 is 2.62 bits per heavy atom. The van der Waals surface area contributed by atoms with E-state index in [4.69, 9.17) is 0 Å². The first-order valence-corrected chi connectivity index (χ1v) is 7.36. The first-order chi connectivity index (χ1) is 7.75. The topological polar surface area (TPSA) is 0 Å². The highest BCUT2D eigenvalue weighted by Crippen LogP contribution is 2.31. The van der Waals surface area contributed by atoms with Gasteiger partial charge in [0.1, 0.15) is 0 Å². The fourth-order valence-electron chi connectivity index (χ4n) is 2.77. The van der Waals surface area contributed by atoms with Crippen molar-refractivity contribution in [1.82, 2.24) is 0 Å². The highest BCUT2D eigenvalue weighted by Gasteiger charge is 2.18. The number of hydrogen-bond acceptors (Lipinski definition) is 0. The van der Waals surface area contributed by atoms with Crippen LogP contribution in [0.4, 0.5) is 0 Å². The van der Waals surface area contributed by atoms with Crippen LogP contribution >= 0.6 is 15.9 Å². The van der Waals surface area contributed by atoms with Gasteiger partial charge in [-0.05, 0) is 36.8 Å². The lowest BCUT2D eigenvalue weighted by Crippen LogP contribution is -2.09. The van der Waals surface area contributed by atoms with Gasteiger partial charge in [0.15, 0.2) is 0 Å². The average molecular weight is 281 g/mol. The van der Waals surface area contributed by atoms with Gasteiger partial charge in [0.25, 0.3) is 0 Å². The van der Waals surface area contributed by atoms with Crippen LogP contribution in [-0.2, 0) is 6.42 Å². The minimum atomic E-state index is 0.664. The minimum absolute atomic E-state index is 0.664. The van der Waals surface area contributed by atoms with Gasteiger partial charge in [-0.3, -0.25) is 0 Å². The smallest absolute Gasteiger partial charge is 0.0188 e. The first-order valence-electron chi connectivity index (χ1n) is 6.44. The third-order valence-electron chi connectivity index (χ3n) is 3.77. The van der Waals surface area contributed by atoms with E-state index in [0.29, 0.717) is 4.83 Å². The van der Waals surface area contributed by atoms with E-state index in [1.807, 2.05) is 0 Å². The van der Waals surface area contributed by atoms with E-state index >= 15 is 0 Å². The molecule has 0 nitrogen and oxygen atoms in total. The van der Waals surface area contributed by atoms with Crippen LogP contribution < -0.4 is 0 Å². The number of alkyl halides is 1. The molecule has 16 heavy (non-hydrogen) atoms. The van der Waals surface area contributed by atoms with Crippen molar-refractivity contribution in [1.29, 1.82) is 0 Å². The van der Waals surface area contributed by atoms with E-state index in [9.17, 15) is 0 Å². The van der Waals surface area contributed by atoms with Crippen molar-refractivity contribution in [2.75, 3.05) is 0 Å². The third kappa shape index (κ3) is 3.35. The molecule has 1 aliphatic carbocycles. The molecule has 1 unspecified atom stereocenters. The van der Waals surface area contributed by atoms with Crippen molar-refractivity contribution >= 4 is 15.9 Å². The zero-order chi connectivity index (χ0) is 11.4. The number of aryl methyl sites for hydroxylation is 1. The van der Waals surface area contributed by atoms with Gasteiger partial charge in [0.2, 0.25) is 0 Å². The highest BCUT2D eigenvalue weighted by atomic mass is 79.9. The van der Waals surface area contributed by atoms with Gasteiger partial charge in [-0.15, -0.1) is 0 Å². The molecule has 0 saturated heterocycles. The molecule has 1 heteroatoms. The zero-order valence-corrected chi connectivity index (χ0v) is 11.7. The van der Waals surface area contributed by atoms with Crippen molar-refractivity contribution in [3.63, 3.8) is 0 Å². The van der Waals surface area contributed by atoms with Gasteiger partial charge in [0, 0.05) is 4.83 Å². The molecule has 0 aromatic heterocycles. The Kier molecular flexibility index (Phi) is 4.45. The van der Waals surface area contributed by atoms with Crippen molar-refractivity contribution in [3.8, 4) is 0 Å². The summed E-state index contributed by atoms with van der Waals surface area (Å²) >= 11 is 3.86. The van der Waals surface area contributed by atoms with Crippen LogP contribution in [0.5, 0.6) is 0 Å². The van der Waals surface area contributed by atoms with Crippen LogP contribution in [0.2, 0.25) is 0 Å². The lowest BCUT2D eigenvalue weighted by atomic mass is 9.96. The van der Waals surface area contributed by atoms with Crippen LogP contribution in [0.3, 0.4) is 0 Å². The molecule has 0 bridgehead atoms. The van der Waals surface area contributed by atoms with Crippen LogP contribution in [0, 0.1) is 12.8 Å². The molecule has 1 aliphatic rings. The Hall–Kier alpha value is -0.300. The second kappa shape index (κ2) is 5.86. The molecule has 1 fully saturated rings. The molecule has 0 spiro atoms. The molecule has 1 saturated carbocycles. The van der Waals surface area contributed by atoms with Gasteiger partial charge in [0.05, 0.1) is 0 Å². The summed E-state index contributed by atoms with van der Waals surface area (Å²) in [5.41, 5.74) is 2.93. The average Bonchev–Trinajstić information content (AvgIpc) is 2.74. The molecular weight excluding hydrogens is 260 g/mol. The molecule has 0 N–H and O–H groups in total. The molecular formula is C15H21Br. The summed E-state index contributed by atoms with van der Waals surface area (Å²) in [4.78, 5) is 0.664. The van der Waals surface area contributed by atoms with Crippen molar-refractivity contribution in [2.24, 2.45) is 5.92 Å². The quantitative estimate of drug-likeness (QED) is 0.690. The Labute approximate surface area is 108 Å². The number of hydrogen-bond donors (Lipinski definition) is 0. The Balaban J connectivity index is 1.86. The molecule has 1 aromatic carbocycles. The largest absolute Gasteiger partial charge is 0.0887 e. The monoisotopic (exact) mass is 280 g/mol. The van der Waals surface area contributed by atoms with Crippen LogP contribution in [0.15, 0.2) is 24.3 Å². The summed E-state index contributed by atoms with van der Waals surface area (Å²) in [6.07, 6.45) is 8.35. The molecule has 1 atom stereocenters. The van der Waals surface area contributed by atoms with E-state index in [2.05, 4.69) is 47.1 Å². The number of rotatable bonds is 4. The maximum atomic E-state index is 3.86. The van der Waals surface area contributed by atoms with Crippen LogP contribution in [0.25, 0.3) is 0 Å². The van der Waals surface area contributed by atoms with E-state index in [0.717, 1.165) is 5.92 Å². The third-order valence-corrected chi connectivity index (χ3v) is 4.46. The molecule has 0 amide bonds. The summed E-state index contributed by atoms with van der Waals surface area (Å²) in [6, 6.07) is 8.75. The van der Waals surface area contributed by atoms with Crippen molar-refractivity contribution < 1.29 is 0 Å². The number of benzene rings is 1. The Morgan fingerprint density at radius 1 is 1.25 bits per heavy atom. The van der Waals surface area contributed by atoms with E-state index in [1.165, 1.54) is 49.7 Å². The van der Waals surface area contributed by atoms with E-state index in [-0.39, 0.29) is 0 Å². The second-order valence-corrected chi connectivity index (χ2v) is 6.41. The fraction of sp³-hybridized carbons (Fsp3) is 0.600. The van der Waals surface area contributed by atoms with E-state index < -0.39 is 0 Å². The van der Waals surface area contributed by atoms with Gasteiger partial charge >= 0.3 is 0 Å². The van der Waals surface area contributed by atoms with Gasteiger partial charge in [-0.1, -0.05) is 65.9 Å². The summed E-state index contributed by atoms with van der Waals surface area (Å²) in [5, 5.41) is 0. The first kappa shape index (κ1) is 12.2. The highest BCUT2D eigenvalue weighted by molar-refractivity contribution is 9.09. The van der Waals surface area contributed by atoms with Gasteiger partial charge < -0.3 is 0 Å². The molecule has 1 aromatic rings. The van der Waals surface area contributed by atoms with E-state index in [1.54, 1.807) is 0 Å². The molecule has 2 rings (SSSR count). The Morgan fingerprint density at radius 2 is 1.94 bits per heavy atom. The predicted octanol–water partition coefficient (Wildman–Crippen LogP) is 4.88. The predicted molar refractivity (Wildman–Crippen MR) is 74.2 cm³/mol. The zero-order valence-electron chi connectivity index (χ0n) is 10.1. The summed E-state index contributed by atoms with van der Waals surface area (Å²) in [6.45, 7) is 2.21. The molecule has 0 heterocycles. The van der Waals surface area contributed by atoms with Crippen molar-refractivity contribution in [2.45, 2.75) is 50.3 Å². The van der Waals surface area contributed by atoms with Gasteiger partial charge in [-0.2, -0.15) is 0 Å². The molecule has 0 aliphatic heterocycles.